The van der Waals surface area contributed by atoms with Gasteiger partial charge in [0.05, 0.1) is 43.8 Å². The number of carbonyl (C=O) groups is 1. The monoisotopic (exact) mass is 295 g/mol. The molecule has 0 saturated heterocycles. The van der Waals surface area contributed by atoms with E-state index in [2.05, 4.69) is 4.74 Å². The minimum atomic E-state index is -0.494. The minimum absolute atomic E-state index is 0.0526. The van der Waals surface area contributed by atoms with Gasteiger partial charge >= 0.3 is 5.97 Å². The Bertz CT molecular complexity index is 538. The van der Waals surface area contributed by atoms with Crippen molar-refractivity contribution in [3.05, 3.63) is 28.3 Å². The molecule has 1 aromatic carbocycles. The van der Waals surface area contributed by atoms with E-state index >= 15 is 0 Å². The molecule has 21 heavy (non-hydrogen) atoms. The van der Waals surface area contributed by atoms with Gasteiger partial charge in [-0.25, -0.2) is 0 Å². The first kappa shape index (κ1) is 15.1. The smallest absolute Gasteiger partial charge is 0.308 e. The normalized spacial score (nSPS) is 20.3. The Morgan fingerprint density at radius 2 is 1.95 bits per heavy atom. The highest BCUT2D eigenvalue weighted by Crippen LogP contribution is 2.35. The van der Waals surface area contributed by atoms with Crippen LogP contribution in [-0.2, 0) is 9.53 Å². The number of hydrogen-bond acceptors (Lipinski definition) is 6. The Labute approximate surface area is 122 Å². The summed E-state index contributed by atoms with van der Waals surface area (Å²) >= 11 is 0. The first-order valence-corrected chi connectivity index (χ1v) is 6.57. The summed E-state index contributed by atoms with van der Waals surface area (Å²) in [5.41, 5.74) is -0.0783. The molecule has 0 aliphatic heterocycles. The quantitative estimate of drug-likeness (QED) is 0.454. The third-order valence-corrected chi connectivity index (χ3v) is 3.57. The molecule has 0 spiro atoms. The van der Waals surface area contributed by atoms with E-state index in [1.807, 2.05) is 0 Å². The van der Waals surface area contributed by atoms with Crippen molar-refractivity contribution in [2.45, 2.75) is 12.8 Å². The Kier molecular flexibility index (Phi) is 4.62. The number of esters is 1. The maximum atomic E-state index is 11.3. The van der Waals surface area contributed by atoms with Gasteiger partial charge in [0.1, 0.15) is 11.5 Å². The van der Waals surface area contributed by atoms with Crippen molar-refractivity contribution < 1.29 is 23.9 Å². The van der Waals surface area contributed by atoms with Gasteiger partial charge in [0.15, 0.2) is 0 Å². The zero-order valence-electron chi connectivity index (χ0n) is 11.9. The maximum Gasteiger partial charge on any atom is 0.308 e. The van der Waals surface area contributed by atoms with E-state index in [9.17, 15) is 14.9 Å². The highest BCUT2D eigenvalue weighted by Gasteiger charge is 2.35. The number of ether oxygens (including phenoxy) is 3. The lowest BCUT2D eigenvalue weighted by molar-refractivity contribution is -0.385. The summed E-state index contributed by atoms with van der Waals surface area (Å²) in [5.74, 6) is 0.786. The second-order valence-electron chi connectivity index (χ2n) is 4.99. The molecule has 7 nitrogen and oxygen atoms in total. The number of benzene rings is 1. The average Bonchev–Trinajstić information content (AvgIpc) is 2.44. The van der Waals surface area contributed by atoms with E-state index in [0.717, 1.165) is 12.8 Å². The molecule has 0 radical (unpaired) electrons. The molecule has 1 aromatic rings. The first-order valence-electron chi connectivity index (χ1n) is 6.57. The van der Waals surface area contributed by atoms with E-state index in [1.54, 1.807) is 6.07 Å². The molecule has 114 valence electrons. The zero-order chi connectivity index (χ0) is 15.4. The number of hydrogen-bond donors (Lipinski definition) is 0. The van der Waals surface area contributed by atoms with Gasteiger partial charge in [-0.1, -0.05) is 0 Å². The third kappa shape index (κ3) is 3.62. The van der Waals surface area contributed by atoms with Crippen LogP contribution in [0.15, 0.2) is 18.2 Å². The lowest BCUT2D eigenvalue weighted by Gasteiger charge is -2.32. The van der Waals surface area contributed by atoms with Crippen LogP contribution >= 0.6 is 0 Å². The molecule has 0 unspecified atom stereocenters. The molecule has 0 bridgehead atoms. The van der Waals surface area contributed by atoms with Crippen LogP contribution in [0.5, 0.6) is 11.5 Å². The van der Waals surface area contributed by atoms with Crippen LogP contribution < -0.4 is 9.47 Å². The number of methoxy groups -OCH3 is 2. The van der Waals surface area contributed by atoms with E-state index in [0.29, 0.717) is 18.1 Å². The molecular formula is C14H17NO6. The zero-order valence-corrected chi connectivity index (χ0v) is 11.9. The molecule has 1 aliphatic carbocycles. The van der Waals surface area contributed by atoms with Crippen molar-refractivity contribution in [2.75, 3.05) is 20.8 Å². The van der Waals surface area contributed by atoms with Crippen LogP contribution in [0.25, 0.3) is 0 Å². The summed E-state index contributed by atoms with van der Waals surface area (Å²) in [6.45, 7) is 0.415. The number of rotatable bonds is 6. The van der Waals surface area contributed by atoms with E-state index < -0.39 is 4.92 Å². The first-order chi connectivity index (χ1) is 10.0. The van der Waals surface area contributed by atoms with Crippen LogP contribution in [0.3, 0.4) is 0 Å². The molecular weight excluding hydrogens is 278 g/mol. The standard InChI is InChI=1S/C14H17NO6/c1-19-12-5-11(15(17)18)6-13(7-12)21-8-9-3-10(4-9)14(16)20-2/h5-7,9-10H,3-4,8H2,1-2H3/t9-,10-. The van der Waals surface area contributed by atoms with Gasteiger partial charge in [0.25, 0.3) is 5.69 Å². The van der Waals surface area contributed by atoms with Gasteiger partial charge < -0.3 is 14.2 Å². The number of nitrogens with zero attached hydrogens (tertiary/aromatic N) is 1. The number of non-ortho nitro benzene ring substituents is 1. The summed E-state index contributed by atoms with van der Waals surface area (Å²) in [6.07, 6.45) is 1.44. The Morgan fingerprint density at radius 3 is 2.52 bits per heavy atom. The van der Waals surface area contributed by atoms with Crippen LogP contribution in [0.4, 0.5) is 5.69 Å². The average molecular weight is 295 g/mol. The summed E-state index contributed by atoms with van der Waals surface area (Å²) in [6, 6.07) is 4.30. The second-order valence-corrected chi connectivity index (χ2v) is 4.99. The van der Waals surface area contributed by atoms with E-state index in [4.69, 9.17) is 9.47 Å². The van der Waals surface area contributed by atoms with Gasteiger partial charge in [0, 0.05) is 6.07 Å². The molecule has 2 rings (SSSR count). The highest BCUT2D eigenvalue weighted by molar-refractivity contribution is 5.73. The van der Waals surface area contributed by atoms with Crippen molar-refractivity contribution in [3.63, 3.8) is 0 Å². The fourth-order valence-electron chi connectivity index (χ4n) is 2.31. The molecule has 0 atom stereocenters. The van der Waals surface area contributed by atoms with Gasteiger partial charge in [-0.3, -0.25) is 14.9 Å². The van der Waals surface area contributed by atoms with Gasteiger partial charge in [-0.2, -0.15) is 0 Å². The van der Waals surface area contributed by atoms with Crippen LogP contribution in [0, 0.1) is 22.0 Å². The van der Waals surface area contributed by atoms with Crippen LogP contribution in [0.2, 0.25) is 0 Å². The topological polar surface area (TPSA) is 87.9 Å². The summed E-state index contributed by atoms with van der Waals surface area (Å²) in [4.78, 5) is 21.6. The predicted octanol–water partition coefficient (Wildman–Crippen LogP) is 2.18. The lowest BCUT2D eigenvalue weighted by atomic mass is 9.75. The highest BCUT2D eigenvalue weighted by atomic mass is 16.6. The molecule has 7 heteroatoms. The largest absolute Gasteiger partial charge is 0.496 e. The number of carbonyl (C=O) groups excluding carboxylic acids is 1. The predicted molar refractivity (Wildman–Crippen MR) is 73.4 cm³/mol. The van der Waals surface area contributed by atoms with E-state index in [-0.39, 0.29) is 23.5 Å². The van der Waals surface area contributed by atoms with Crippen molar-refractivity contribution in [1.29, 1.82) is 0 Å². The molecule has 1 saturated carbocycles. The molecule has 0 amide bonds. The Hall–Kier alpha value is -2.31. The molecule has 0 heterocycles. The molecule has 0 aromatic heterocycles. The molecule has 1 aliphatic rings. The third-order valence-electron chi connectivity index (χ3n) is 3.57. The van der Waals surface area contributed by atoms with Crippen LogP contribution in [0.1, 0.15) is 12.8 Å². The molecule has 1 fully saturated rings. The maximum absolute atomic E-state index is 11.3. The number of nitro benzene ring substituents is 1. The fourth-order valence-corrected chi connectivity index (χ4v) is 2.31. The minimum Gasteiger partial charge on any atom is -0.496 e. The van der Waals surface area contributed by atoms with E-state index in [1.165, 1.54) is 26.4 Å². The van der Waals surface area contributed by atoms with Gasteiger partial charge in [-0.05, 0) is 18.8 Å². The Balaban J connectivity index is 1.91. The lowest BCUT2D eigenvalue weighted by Crippen LogP contribution is -2.34. The van der Waals surface area contributed by atoms with Crippen molar-refractivity contribution in [2.24, 2.45) is 11.8 Å². The Morgan fingerprint density at radius 1 is 1.29 bits per heavy atom. The van der Waals surface area contributed by atoms with Gasteiger partial charge in [-0.15, -0.1) is 0 Å². The fraction of sp³-hybridized carbons (Fsp3) is 0.500. The SMILES string of the molecule is COc1cc(OC[C@H]2C[C@H](C(=O)OC)C2)cc([N+](=O)[O-])c1. The second kappa shape index (κ2) is 6.43. The summed E-state index contributed by atoms with van der Waals surface area (Å²) in [5, 5.41) is 10.8. The summed E-state index contributed by atoms with van der Waals surface area (Å²) in [7, 11) is 2.82. The van der Waals surface area contributed by atoms with Crippen molar-refractivity contribution >= 4 is 11.7 Å². The van der Waals surface area contributed by atoms with Crippen molar-refractivity contribution in [3.8, 4) is 11.5 Å². The summed E-state index contributed by atoms with van der Waals surface area (Å²) < 4.78 is 15.2. The van der Waals surface area contributed by atoms with Crippen LogP contribution in [-0.4, -0.2) is 31.7 Å². The molecule has 0 N–H and O–H groups in total. The number of nitro groups is 1. The van der Waals surface area contributed by atoms with Crippen molar-refractivity contribution in [1.82, 2.24) is 0 Å². The van der Waals surface area contributed by atoms with Gasteiger partial charge in [0.2, 0.25) is 0 Å².